The van der Waals surface area contributed by atoms with E-state index in [1.807, 2.05) is 12.1 Å². The van der Waals surface area contributed by atoms with Crippen molar-refractivity contribution in [2.75, 3.05) is 0 Å². The molecule has 0 aliphatic rings. The third kappa shape index (κ3) is 3.01. The number of fused-ring (bicyclic) bond motifs is 1. The maximum Gasteiger partial charge on any atom is 0.433 e. The molecule has 0 spiro atoms. The van der Waals surface area contributed by atoms with Crippen molar-refractivity contribution in [3.63, 3.8) is 0 Å². The maximum atomic E-state index is 11.9. The smallest absolute Gasteiger partial charge is 0.395 e. The van der Waals surface area contributed by atoms with E-state index in [1.165, 1.54) is 11.3 Å². The molecule has 2 aromatic heterocycles. The van der Waals surface area contributed by atoms with E-state index in [4.69, 9.17) is 4.42 Å². The Hall–Kier alpha value is -3.27. The van der Waals surface area contributed by atoms with Gasteiger partial charge in [-0.05, 0) is 18.2 Å². The second-order valence-corrected chi connectivity index (χ2v) is 5.32. The molecule has 2 N–H and O–H groups in total. The van der Waals surface area contributed by atoms with Crippen molar-refractivity contribution in [2.24, 2.45) is 0 Å². The number of hydrogen-bond donors (Lipinski definition) is 2. The second kappa shape index (κ2) is 5.85. The number of aromatic nitrogens is 1. The monoisotopic (exact) mass is 332 g/mol. The molecule has 0 aliphatic heterocycles. The van der Waals surface area contributed by atoms with E-state index in [1.54, 1.807) is 12.1 Å². The molecule has 10 heteroatoms. The number of nitro groups is 1. The standard InChI is InChI=1S/C13H8N4O5S/c18-11(8-5-6-10(22-8)17(20)21)15-16-12(19)13-14-7-3-1-2-4-9(7)23-13/h1-6H,(H,15,18)(H,16,19). The Labute approximate surface area is 132 Å². The van der Waals surface area contributed by atoms with Crippen LogP contribution in [-0.2, 0) is 0 Å². The van der Waals surface area contributed by atoms with Crippen LogP contribution >= 0.6 is 11.3 Å². The van der Waals surface area contributed by atoms with Gasteiger partial charge in [0.25, 0.3) is 5.91 Å². The number of carbonyl (C=O) groups is 2. The zero-order chi connectivity index (χ0) is 16.4. The summed E-state index contributed by atoms with van der Waals surface area (Å²) >= 11 is 1.17. The summed E-state index contributed by atoms with van der Waals surface area (Å²) in [6.07, 6.45) is 0. The Morgan fingerprint density at radius 3 is 2.57 bits per heavy atom. The molecule has 0 saturated heterocycles. The Morgan fingerprint density at radius 1 is 1.13 bits per heavy atom. The van der Waals surface area contributed by atoms with Gasteiger partial charge in [-0.1, -0.05) is 12.1 Å². The number of thiazole rings is 1. The van der Waals surface area contributed by atoms with Gasteiger partial charge in [0.2, 0.25) is 5.76 Å². The fraction of sp³-hybridized carbons (Fsp3) is 0. The van der Waals surface area contributed by atoms with Gasteiger partial charge in [0.1, 0.15) is 4.92 Å². The first kappa shape index (κ1) is 14.7. The average molecular weight is 332 g/mol. The number of benzene rings is 1. The molecule has 3 aromatic rings. The summed E-state index contributed by atoms with van der Waals surface area (Å²) in [5.74, 6) is -2.26. The molecule has 2 amide bonds. The number of para-hydroxylation sites is 1. The van der Waals surface area contributed by atoms with Crippen molar-refractivity contribution in [3.8, 4) is 0 Å². The van der Waals surface area contributed by atoms with Crippen LogP contribution in [0.15, 0.2) is 40.8 Å². The van der Waals surface area contributed by atoms with Crippen LogP contribution < -0.4 is 10.9 Å². The maximum absolute atomic E-state index is 11.9. The normalized spacial score (nSPS) is 10.4. The number of hydrazine groups is 1. The van der Waals surface area contributed by atoms with Gasteiger partial charge in [0.05, 0.1) is 16.3 Å². The minimum atomic E-state index is -0.812. The molecule has 0 atom stereocenters. The largest absolute Gasteiger partial charge is 0.433 e. The number of nitrogens with one attached hydrogen (secondary N) is 2. The van der Waals surface area contributed by atoms with E-state index < -0.39 is 22.6 Å². The van der Waals surface area contributed by atoms with Crippen LogP contribution in [0, 0.1) is 10.1 Å². The summed E-state index contributed by atoms with van der Waals surface area (Å²) in [5.41, 5.74) is 4.96. The van der Waals surface area contributed by atoms with Crippen molar-refractivity contribution < 1.29 is 18.9 Å². The lowest BCUT2D eigenvalue weighted by molar-refractivity contribution is -0.402. The van der Waals surface area contributed by atoms with Gasteiger partial charge in [0, 0.05) is 0 Å². The highest BCUT2D eigenvalue weighted by Gasteiger charge is 2.18. The first-order valence-corrected chi connectivity index (χ1v) is 7.07. The summed E-state index contributed by atoms with van der Waals surface area (Å²) in [7, 11) is 0. The van der Waals surface area contributed by atoms with E-state index in [2.05, 4.69) is 15.8 Å². The Morgan fingerprint density at radius 2 is 1.87 bits per heavy atom. The Bertz CT molecular complexity index is 883. The highest BCUT2D eigenvalue weighted by Crippen LogP contribution is 2.21. The predicted octanol–water partition coefficient (Wildman–Crippen LogP) is 1.87. The summed E-state index contributed by atoms with van der Waals surface area (Å²) in [4.78, 5) is 37.5. The highest BCUT2D eigenvalue weighted by atomic mass is 32.1. The van der Waals surface area contributed by atoms with Crippen molar-refractivity contribution in [2.45, 2.75) is 0 Å². The molecule has 23 heavy (non-hydrogen) atoms. The summed E-state index contributed by atoms with van der Waals surface area (Å²) in [6, 6.07) is 9.40. The number of furan rings is 1. The molecule has 0 fully saturated rings. The van der Waals surface area contributed by atoms with Gasteiger partial charge in [-0.3, -0.25) is 30.6 Å². The van der Waals surface area contributed by atoms with Gasteiger partial charge in [-0.2, -0.15) is 0 Å². The molecule has 3 rings (SSSR count). The van der Waals surface area contributed by atoms with Gasteiger partial charge in [-0.15, -0.1) is 11.3 Å². The zero-order valence-corrected chi connectivity index (χ0v) is 12.1. The molecule has 0 bridgehead atoms. The van der Waals surface area contributed by atoms with Crippen LogP contribution in [0.5, 0.6) is 0 Å². The second-order valence-electron chi connectivity index (χ2n) is 4.29. The number of amides is 2. The molecule has 0 aliphatic carbocycles. The van der Waals surface area contributed by atoms with Gasteiger partial charge >= 0.3 is 11.8 Å². The number of rotatable bonds is 3. The third-order valence-corrected chi connectivity index (χ3v) is 3.81. The van der Waals surface area contributed by atoms with Gasteiger partial charge < -0.3 is 4.42 Å². The molecule has 0 unspecified atom stereocenters. The highest BCUT2D eigenvalue weighted by molar-refractivity contribution is 7.20. The molecular formula is C13H8N4O5S. The van der Waals surface area contributed by atoms with E-state index in [9.17, 15) is 19.7 Å². The Balaban J connectivity index is 1.65. The van der Waals surface area contributed by atoms with E-state index in [0.717, 1.165) is 16.8 Å². The van der Waals surface area contributed by atoms with Gasteiger partial charge in [0.15, 0.2) is 5.01 Å². The summed E-state index contributed by atoms with van der Waals surface area (Å²) in [5, 5.41) is 10.7. The van der Waals surface area contributed by atoms with E-state index in [-0.39, 0.29) is 10.8 Å². The topological polar surface area (TPSA) is 127 Å². The number of nitrogens with zero attached hydrogens (tertiary/aromatic N) is 2. The molecule has 1 aromatic carbocycles. The lowest BCUT2D eigenvalue weighted by Crippen LogP contribution is -2.41. The summed E-state index contributed by atoms with van der Waals surface area (Å²) in [6.45, 7) is 0. The first-order chi connectivity index (χ1) is 11.0. The van der Waals surface area contributed by atoms with Crippen LogP contribution in [0.4, 0.5) is 5.88 Å². The van der Waals surface area contributed by atoms with Crippen molar-refractivity contribution in [1.29, 1.82) is 0 Å². The molecule has 0 saturated carbocycles. The number of hydrogen-bond acceptors (Lipinski definition) is 7. The Kier molecular flexibility index (Phi) is 3.73. The van der Waals surface area contributed by atoms with Crippen LogP contribution in [0.1, 0.15) is 20.4 Å². The SMILES string of the molecule is O=C(NNC(=O)c1nc2ccccc2s1)c1ccc([N+](=O)[O-])o1. The van der Waals surface area contributed by atoms with Crippen LogP contribution in [0.2, 0.25) is 0 Å². The fourth-order valence-electron chi connectivity index (χ4n) is 1.75. The van der Waals surface area contributed by atoms with Crippen molar-refractivity contribution in [1.82, 2.24) is 15.8 Å². The fourth-order valence-corrected chi connectivity index (χ4v) is 2.61. The number of carbonyl (C=O) groups excluding carboxylic acids is 2. The van der Waals surface area contributed by atoms with Crippen LogP contribution in [0.25, 0.3) is 10.2 Å². The minimum Gasteiger partial charge on any atom is -0.395 e. The first-order valence-electron chi connectivity index (χ1n) is 6.25. The molecule has 2 heterocycles. The third-order valence-electron chi connectivity index (χ3n) is 2.77. The lowest BCUT2D eigenvalue weighted by atomic mass is 10.3. The lowest BCUT2D eigenvalue weighted by Gasteiger charge is -2.02. The molecule has 116 valence electrons. The molecule has 0 radical (unpaired) electrons. The summed E-state index contributed by atoms with van der Waals surface area (Å²) < 4.78 is 5.56. The quantitative estimate of drug-likeness (QED) is 0.557. The van der Waals surface area contributed by atoms with E-state index in [0.29, 0.717) is 5.52 Å². The molecule has 9 nitrogen and oxygen atoms in total. The predicted molar refractivity (Wildman–Crippen MR) is 79.9 cm³/mol. The molecular weight excluding hydrogens is 324 g/mol. The van der Waals surface area contributed by atoms with Crippen LogP contribution in [-0.4, -0.2) is 21.7 Å². The van der Waals surface area contributed by atoms with Gasteiger partial charge in [-0.25, -0.2) is 4.98 Å². The average Bonchev–Trinajstić information content (AvgIpc) is 3.18. The zero-order valence-electron chi connectivity index (χ0n) is 11.3. The van der Waals surface area contributed by atoms with E-state index >= 15 is 0 Å². The van der Waals surface area contributed by atoms with Crippen molar-refractivity contribution >= 4 is 39.3 Å². The minimum absolute atomic E-state index is 0.178. The van der Waals surface area contributed by atoms with Crippen molar-refractivity contribution in [3.05, 3.63) is 57.3 Å². The van der Waals surface area contributed by atoms with Crippen LogP contribution in [0.3, 0.4) is 0 Å².